The van der Waals surface area contributed by atoms with E-state index < -0.39 is 0 Å². The SMILES string of the molecule is CCN1CCC(C(C)NC(CC(C)C)C(=O)N(C)C)CC1. The van der Waals surface area contributed by atoms with Crippen molar-refractivity contribution >= 4 is 5.91 Å². The summed E-state index contributed by atoms with van der Waals surface area (Å²) in [6, 6.07) is 0.371. The van der Waals surface area contributed by atoms with Crippen LogP contribution in [0.4, 0.5) is 0 Å². The second-order valence-corrected chi connectivity index (χ2v) is 7.14. The summed E-state index contributed by atoms with van der Waals surface area (Å²) < 4.78 is 0. The van der Waals surface area contributed by atoms with Crippen LogP contribution >= 0.6 is 0 Å². The number of likely N-dealkylation sites (tertiary alicyclic amines) is 1. The molecule has 1 saturated heterocycles. The molecule has 0 radical (unpaired) electrons. The van der Waals surface area contributed by atoms with Crippen LogP contribution in [-0.4, -0.2) is 61.5 Å². The minimum absolute atomic E-state index is 0.0424. The van der Waals surface area contributed by atoms with Gasteiger partial charge in [-0.2, -0.15) is 0 Å². The van der Waals surface area contributed by atoms with Crippen molar-refractivity contribution in [2.75, 3.05) is 33.7 Å². The van der Waals surface area contributed by atoms with E-state index in [1.807, 2.05) is 14.1 Å². The van der Waals surface area contributed by atoms with E-state index in [0.717, 1.165) is 13.0 Å². The van der Waals surface area contributed by atoms with Gasteiger partial charge in [0.05, 0.1) is 6.04 Å². The van der Waals surface area contributed by atoms with Crippen LogP contribution in [0.15, 0.2) is 0 Å². The molecular formula is C17H35N3O. The molecule has 0 aromatic carbocycles. The lowest BCUT2D eigenvalue weighted by molar-refractivity contribution is -0.131. The van der Waals surface area contributed by atoms with Gasteiger partial charge in [-0.15, -0.1) is 0 Å². The van der Waals surface area contributed by atoms with Crippen LogP contribution in [0.2, 0.25) is 0 Å². The van der Waals surface area contributed by atoms with Crippen molar-refractivity contribution in [1.82, 2.24) is 15.1 Å². The summed E-state index contributed by atoms with van der Waals surface area (Å²) in [5.41, 5.74) is 0. The lowest BCUT2D eigenvalue weighted by Gasteiger charge is -2.36. The molecule has 1 aliphatic rings. The van der Waals surface area contributed by atoms with Crippen LogP contribution < -0.4 is 5.32 Å². The first kappa shape index (κ1) is 18.4. The largest absolute Gasteiger partial charge is 0.347 e. The molecule has 1 amide bonds. The van der Waals surface area contributed by atoms with Crippen LogP contribution in [0.3, 0.4) is 0 Å². The molecule has 1 fully saturated rings. The molecule has 124 valence electrons. The zero-order valence-electron chi connectivity index (χ0n) is 14.9. The fourth-order valence-electron chi connectivity index (χ4n) is 3.25. The first-order valence-corrected chi connectivity index (χ1v) is 8.54. The highest BCUT2D eigenvalue weighted by atomic mass is 16.2. The first-order valence-electron chi connectivity index (χ1n) is 8.54. The highest BCUT2D eigenvalue weighted by Gasteiger charge is 2.28. The third-order valence-electron chi connectivity index (χ3n) is 4.70. The van der Waals surface area contributed by atoms with E-state index in [0.29, 0.717) is 17.9 Å². The fourth-order valence-corrected chi connectivity index (χ4v) is 3.25. The van der Waals surface area contributed by atoms with E-state index in [-0.39, 0.29) is 11.9 Å². The molecule has 1 rings (SSSR count). The molecular weight excluding hydrogens is 262 g/mol. The van der Waals surface area contributed by atoms with Crippen LogP contribution in [0.1, 0.15) is 47.0 Å². The number of hydrogen-bond acceptors (Lipinski definition) is 3. The Morgan fingerprint density at radius 3 is 2.24 bits per heavy atom. The Bertz CT molecular complexity index is 309. The van der Waals surface area contributed by atoms with Crippen molar-refractivity contribution in [2.24, 2.45) is 11.8 Å². The van der Waals surface area contributed by atoms with Gasteiger partial charge in [0.2, 0.25) is 5.91 Å². The average molecular weight is 297 g/mol. The Kier molecular flexibility index (Phi) is 7.67. The summed E-state index contributed by atoms with van der Waals surface area (Å²) >= 11 is 0. The van der Waals surface area contributed by atoms with E-state index in [1.54, 1.807) is 4.90 Å². The van der Waals surface area contributed by atoms with Gasteiger partial charge in [-0.25, -0.2) is 0 Å². The van der Waals surface area contributed by atoms with Crippen LogP contribution in [0.5, 0.6) is 0 Å². The van der Waals surface area contributed by atoms with Gasteiger partial charge in [0.1, 0.15) is 0 Å². The smallest absolute Gasteiger partial charge is 0.239 e. The van der Waals surface area contributed by atoms with Gasteiger partial charge in [0, 0.05) is 20.1 Å². The number of piperidine rings is 1. The van der Waals surface area contributed by atoms with Crippen molar-refractivity contribution in [3.05, 3.63) is 0 Å². The van der Waals surface area contributed by atoms with Gasteiger partial charge in [0.15, 0.2) is 0 Å². The molecule has 2 atom stereocenters. The second-order valence-electron chi connectivity index (χ2n) is 7.14. The second kappa shape index (κ2) is 8.74. The normalized spacial score (nSPS) is 20.5. The highest BCUT2D eigenvalue weighted by Crippen LogP contribution is 2.21. The van der Waals surface area contributed by atoms with Gasteiger partial charge < -0.3 is 15.1 Å². The van der Waals surface area contributed by atoms with E-state index in [9.17, 15) is 4.79 Å². The summed E-state index contributed by atoms with van der Waals surface area (Å²) in [5.74, 6) is 1.43. The number of rotatable bonds is 7. The molecule has 0 aromatic rings. The van der Waals surface area contributed by atoms with Crippen molar-refractivity contribution in [2.45, 2.75) is 59.0 Å². The average Bonchev–Trinajstić information content (AvgIpc) is 2.45. The summed E-state index contributed by atoms with van der Waals surface area (Å²) in [6.07, 6.45) is 3.40. The molecule has 1 aliphatic heterocycles. The topological polar surface area (TPSA) is 35.6 Å². The van der Waals surface area contributed by atoms with E-state index in [4.69, 9.17) is 0 Å². The molecule has 0 saturated carbocycles. The first-order chi connectivity index (χ1) is 9.85. The third-order valence-corrected chi connectivity index (χ3v) is 4.70. The van der Waals surface area contributed by atoms with E-state index in [1.165, 1.54) is 25.9 Å². The molecule has 21 heavy (non-hydrogen) atoms. The predicted molar refractivity (Wildman–Crippen MR) is 89.4 cm³/mol. The molecule has 0 spiro atoms. The zero-order valence-corrected chi connectivity index (χ0v) is 14.9. The molecule has 0 bridgehead atoms. The van der Waals surface area contributed by atoms with Crippen LogP contribution in [0.25, 0.3) is 0 Å². The van der Waals surface area contributed by atoms with Gasteiger partial charge in [0.25, 0.3) is 0 Å². The summed E-state index contributed by atoms with van der Waals surface area (Å²) in [5, 5.41) is 3.62. The number of nitrogens with zero attached hydrogens (tertiary/aromatic N) is 2. The molecule has 1 heterocycles. The summed E-state index contributed by atoms with van der Waals surface area (Å²) in [7, 11) is 3.70. The molecule has 0 aliphatic carbocycles. The van der Waals surface area contributed by atoms with Gasteiger partial charge in [-0.05, 0) is 57.7 Å². The maximum Gasteiger partial charge on any atom is 0.239 e. The maximum atomic E-state index is 12.4. The number of carbonyl (C=O) groups excluding carboxylic acids is 1. The standard InChI is InChI=1S/C17H35N3O/c1-7-20-10-8-15(9-11-20)14(4)18-16(12-13(2)3)17(21)19(5)6/h13-16,18H,7-12H2,1-6H3. The molecule has 4 heteroatoms. The Morgan fingerprint density at radius 1 is 1.24 bits per heavy atom. The van der Waals surface area contributed by atoms with Gasteiger partial charge in [-0.1, -0.05) is 20.8 Å². The van der Waals surface area contributed by atoms with Crippen molar-refractivity contribution in [3.8, 4) is 0 Å². The lowest BCUT2D eigenvalue weighted by Crippen LogP contribution is -2.51. The zero-order chi connectivity index (χ0) is 16.0. The molecule has 0 aromatic heterocycles. The number of likely N-dealkylation sites (N-methyl/N-ethyl adjacent to an activating group) is 1. The predicted octanol–water partition coefficient (Wildman–Crippen LogP) is 2.20. The summed E-state index contributed by atoms with van der Waals surface area (Å²) in [6.45, 7) is 12.4. The van der Waals surface area contributed by atoms with Crippen molar-refractivity contribution < 1.29 is 4.79 Å². The van der Waals surface area contributed by atoms with Gasteiger partial charge >= 0.3 is 0 Å². The molecule has 2 unspecified atom stereocenters. The molecule has 1 N–H and O–H groups in total. The highest BCUT2D eigenvalue weighted by molar-refractivity contribution is 5.81. The minimum atomic E-state index is -0.0424. The minimum Gasteiger partial charge on any atom is -0.347 e. The summed E-state index contributed by atoms with van der Waals surface area (Å²) in [4.78, 5) is 16.6. The maximum absolute atomic E-state index is 12.4. The molecule has 4 nitrogen and oxygen atoms in total. The van der Waals surface area contributed by atoms with E-state index in [2.05, 4.69) is 37.9 Å². The monoisotopic (exact) mass is 297 g/mol. The number of carbonyl (C=O) groups is 1. The number of nitrogens with one attached hydrogen (secondary N) is 1. The number of amides is 1. The Labute approximate surface area is 131 Å². The third kappa shape index (κ3) is 5.95. The number of hydrogen-bond donors (Lipinski definition) is 1. The lowest BCUT2D eigenvalue weighted by atomic mass is 9.89. The van der Waals surface area contributed by atoms with Crippen LogP contribution in [-0.2, 0) is 4.79 Å². The Morgan fingerprint density at radius 2 is 1.81 bits per heavy atom. The van der Waals surface area contributed by atoms with E-state index >= 15 is 0 Å². The fraction of sp³-hybridized carbons (Fsp3) is 0.941. The van der Waals surface area contributed by atoms with Crippen LogP contribution in [0, 0.1) is 11.8 Å². The Balaban J connectivity index is 2.55. The van der Waals surface area contributed by atoms with Gasteiger partial charge in [-0.3, -0.25) is 4.79 Å². The Hall–Kier alpha value is -0.610. The van der Waals surface area contributed by atoms with Crippen molar-refractivity contribution in [3.63, 3.8) is 0 Å². The van der Waals surface area contributed by atoms with Crippen molar-refractivity contribution in [1.29, 1.82) is 0 Å². The quantitative estimate of drug-likeness (QED) is 0.782.